The topological polar surface area (TPSA) is 47.6 Å². The third kappa shape index (κ3) is 3.40. The second-order valence-electron chi connectivity index (χ2n) is 4.12. The van der Waals surface area contributed by atoms with Crippen LogP contribution in [-0.2, 0) is 0 Å². The van der Waals surface area contributed by atoms with Gasteiger partial charge in [-0.15, -0.1) is 0 Å². The molecule has 2 aromatic carbocycles. The van der Waals surface area contributed by atoms with Gasteiger partial charge in [-0.25, -0.2) is 0 Å². The quantitative estimate of drug-likeness (QED) is 0.913. The molecule has 0 aromatic heterocycles. The number of methoxy groups -OCH3 is 2. The summed E-state index contributed by atoms with van der Waals surface area (Å²) in [6.07, 6.45) is 0. The summed E-state index contributed by atoms with van der Waals surface area (Å²) in [5.74, 6) is 0.624. The third-order valence-electron chi connectivity index (χ3n) is 2.85. The Morgan fingerprint density at radius 1 is 1.05 bits per heavy atom. The first kappa shape index (κ1) is 15.5. The first-order chi connectivity index (χ1) is 10.1. The van der Waals surface area contributed by atoms with Crippen molar-refractivity contribution < 1.29 is 14.3 Å². The first-order valence-electron chi connectivity index (χ1n) is 6.04. The number of anilines is 1. The number of carbonyl (C=O) groups excluding carboxylic acids is 1. The predicted molar refractivity (Wildman–Crippen MR) is 84.0 cm³/mol. The van der Waals surface area contributed by atoms with Gasteiger partial charge in [-0.2, -0.15) is 0 Å². The highest BCUT2D eigenvalue weighted by Gasteiger charge is 2.16. The van der Waals surface area contributed by atoms with Gasteiger partial charge in [0.15, 0.2) is 0 Å². The van der Waals surface area contributed by atoms with Crippen molar-refractivity contribution in [2.75, 3.05) is 19.5 Å². The number of hydrogen-bond acceptors (Lipinski definition) is 3. The molecule has 4 nitrogen and oxygen atoms in total. The minimum Gasteiger partial charge on any atom is -0.497 e. The Bertz CT molecular complexity index is 654. The molecule has 6 heteroatoms. The Labute approximate surface area is 132 Å². The maximum Gasteiger partial charge on any atom is 0.259 e. The average Bonchev–Trinajstić information content (AvgIpc) is 2.50. The van der Waals surface area contributed by atoms with Crippen molar-refractivity contribution >= 4 is 34.8 Å². The summed E-state index contributed by atoms with van der Waals surface area (Å²) in [7, 11) is 3.02. The van der Waals surface area contributed by atoms with Crippen LogP contribution in [0.25, 0.3) is 0 Å². The molecule has 0 fully saturated rings. The van der Waals surface area contributed by atoms with E-state index in [9.17, 15) is 4.79 Å². The lowest BCUT2D eigenvalue weighted by Gasteiger charge is -2.12. The van der Waals surface area contributed by atoms with Crippen molar-refractivity contribution in [3.8, 4) is 11.5 Å². The number of nitrogens with one attached hydrogen (secondary N) is 1. The van der Waals surface area contributed by atoms with Gasteiger partial charge >= 0.3 is 0 Å². The van der Waals surface area contributed by atoms with Gasteiger partial charge in [0, 0.05) is 6.07 Å². The smallest absolute Gasteiger partial charge is 0.259 e. The summed E-state index contributed by atoms with van der Waals surface area (Å²) in [6.45, 7) is 0. The fourth-order valence-corrected chi connectivity index (χ4v) is 2.28. The van der Waals surface area contributed by atoms with E-state index in [1.54, 1.807) is 36.4 Å². The van der Waals surface area contributed by atoms with Crippen molar-refractivity contribution in [1.29, 1.82) is 0 Å². The number of carbonyl (C=O) groups is 1. The van der Waals surface area contributed by atoms with Gasteiger partial charge in [-0.3, -0.25) is 4.79 Å². The molecule has 2 aromatic rings. The minimum absolute atomic E-state index is 0.356. The zero-order chi connectivity index (χ0) is 15.4. The Morgan fingerprint density at radius 2 is 1.71 bits per heavy atom. The van der Waals surface area contributed by atoms with Gasteiger partial charge in [-0.05, 0) is 24.3 Å². The van der Waals surface area contributed by atoms with E-state index in [1.165, 1.54) is 14.2 Å². The molecule has 21 heavy (non-hydrogen) atoms. The molecule has 0 atom stereocenters. The number of halogens is 2. The molecule has 0 saturated heterocycles. The Kier molecular flexibility index (Phi) is 4.94. The van der Waals surface area contributed by atoms with E-state index in [1.807, 2.05) is 0 Å². The molecule has 1 N–H and O–H groups in total. The van der Waals surface area contributed by atoms with Crippen molar-refractivity contribution in [1.82, 2.24) is 0 Å². The number of hydrogen-bond donors (Lipinski definition) is 1. The van der Waals surface area contributed by atoms with Crippen LogP contribution in [-0.4, -0.2) is 20.1 Å². The van der Waals surface area contributed by atoms with Crippen LogP contribution in [0.1, 0.15) is 10.4 Å². The van der Waals surface area contributed by atoms with E-state index in [4.69, 9.17) is 32.7 Å². The van der Waals surface area contributed by atoms with Crippen molar-refractivity contribution in [3.05, 3.63) is 52.0 Å². The summed E-state index contributed by atoms with van der Waals surface area (Å²) in [5, 5.41) is 3.41. The van der Waals surface area contributed by atoms with E-state index in [2.05, 4.69) is 5.32 Å². The standard InChI is InChI=1S/C15H13Cl2NO3/c1-20-9-6-7-10(13(8-9)21-2)15(19)18-14-11(16)4-3-5-12(14)17/h3-8H,1-2H3,(H,18,19). The maximum atomic E-state index is 12.3. The molecule has 0 heterocycles. The molecular weight excluding hydrogens is 313 g/mol. The van der Waals surface area contributed by atoms with Crippen molar-refractivity contribution in [2.45, 2.75) is 0 Å². The van der Waals surface area contributed by atoms with Gasteiger partial charge < -0.3 is 14.8 Å². The van der Waals surface area contributed by atoms with E-state index in [0.29, 0.717) is 32.8 Å². The molecule has 2 rings (SSSR count). The number of para-hydroxylation sites is 1. The van der Waals surface area contributed by atoms with Crippen LogP contribution >= 0.6 is 23.2 Å². The average molecular weight is 326 g/mol. The van der Waals surface area contributed by atoms with Crippen LogP contribution in [0.4, 0.5) is 5.69 Å². The zero-order valence-corrected chi connectivity index (χ0v) is 13.0. The Balaban J connectivity index is 2.32. The lowest BCUT2D eigenvalue weighted by Crippen LogP contribution is -2.14. The largest absolute Gasteiger partial charge is 0.497 e. The van der Waals surface area contributed by atoms with Gasteiger partial charge in [0.2, 0.25) is 0 Å². The second kappa shape index (κ2) is 6.70. The highest BCUT2D eigenvalue weighted by atomic mass is 35.5. The van der Waals surface area contributed by atoms with E-state index >= 15 is 0 Å². The van der Waals surface area contributed by atoms with Gasteiger partial charge in [0.05, 0.1) is 35.5 Å². The SMILES string of the molecule is COc1ccc(C(=O)Nc2c(Cl)cccc2Cl)c(OC)c1. The Morgan fingerprint density at radius 3 is 2.29 bits per heavy atom. The molecule has 0 spiro atoms. The highest BCUT2D eigenvalue weighted by Crippen LogP contribution is 2.31. The van der Waals surface area contributed by atoms with Crippen LogP contribution in [0.3, 0.4) is 0 Å². The highest BCUT2D eigenvalue weighted by molar-refractivity contribution is 6.40. The van der Waals surface area contributed by atoms with Gasteiger partial charge in [0.1, 0.15) is 11.5 Å². The zero-order valence-electron chi connectivity index (χ0n) is 11.4. The third-order valence-corrected chi connectivity index (χ3v) is 3.48. The van der Waals surface area contributed by atoms with Crippen LogP contribution in [0.2, 0.25) is 10.0 Å². The molecule has 0 aliphatic carbocycles. The molecule has 0 saturated carbocycles. The molecule has 0 aliphatic heterocycles. The summed E-state index contributed by atoms with van der Waals surface area (Å²) < 4.78 is 10.3. The van der Waals surface area contributed by atoms with Crippen LogP contribution in [0.15, 0.2) is 36.4 Å². The van der Waals surface area contributed by atoms with Gasteiger partial charge in [0.25, 0.3) is 5.91 Å². The number of rotatable bonds is 4. The number of benzene rings is 2. The van der Waals surface area contributed by atoms with E-state index in [0.717, 1.165) is 0 Å². The molecular formula is C15H13Cl2NO3. The fraction of sp³-hybridized carbons (Fsp3) is 0.133. The van der Waals surface area contributed by atoms with E-state index < -0.39 is 0 Å². The number of amides is 1. The van der Waals surface area contributed by atoms with Crippen LogP contribution < -0.4 is 14.8 Å². The lowest BCUT2D eigenvalue weighted by atomic mass is 10.1. The van der Waals surface area contributed by atoms with Crippen molar-refractivity contribution in [3.63, 3.8) is 0 Å². The first-order valence-corrected chi connectivity index (χ1v) is 6.79. The summed E-state index contributed by atoms with van der Waals surface area (Å²) in [6, 6.07) is 9.91. The molecule has 0 unspecified atom stereocenters. The Hall–Kier alpha value is -1.91. The number of ether oxygens (including phenoxy) is 2. The molecule has 0 aliphatic rings. The lowest BCUT2D eigenvalue weighted by molar-refractivity contribution is 0.102. The van der Waals surface area contributed by atoms with E-state index in [-0.39, 0.29) is 5.91 Å². The summed E-state index contributed by atoms with van der Waals surface area (Å²) >= 11 is 12.1. The summed E-state index contributed by atoms with van der Waals surface area (Å²) in [4.78, 5) is 12.3. The van der Waals surface area contributed by atoms with Crippen LogP contribution in [0.5, 0.6) is 11.5 Å². The molecule has 0 radical (unpaired) electrons. The summed E-state index contributed by atoms with van der Waals surface area (Å²) in [5.41, 5.74) is 0.720. The fourth-order valence-electron chi connectivity index (χ4n) is 1.78. The monoisotopic (exact) mass is 325 g/mol. The molecule has 0 bridgehead atoms. The minimum atomic E-state index is -0.371. The molecule has 110 valence electrons. The van der Waals surface area contributed by atoms with Crippen LogP contribution in [0, 0.1) is 0 Å². The molecule has 1 amide bonds. The maximum absolute atomic E-state index is 12.3. The predicted octanol–water partition coefficient (Wildman–Crippen LogP) is 4.26. The van der Waals surface area contributed by atoms with Gasteiger partial charge in [-0.1, -0.05) is 29.3 Å². The second-order valence-corrected chi connectivity index (χ2v) is 4.93. The van der Waals surface area contributed by atoms with Crippen molar-refractivity contribution in [2.24, 2.45) is 0 Å². The normalized spacial score (nSPS) is 10.1.